The van der Waals surface area contributed by atoms with Crippen LogP contribution in [0.25, 0.3) is 0 Å². The number of esters is 1. The van der Waals surface area contributed by atoms with Crippen LogP contribution >= 0.6 is 0 Å². The monoisotopic (exact) mass is 371 g/mol. The summed E-state index contributed by atoms with van der Waals surface area (Å²) in [7, 11) is 0. The van der Waals surface area contributed by atoms with Crippen LogP contribution in [-0.4, -0.2) is 28.8 Å². The highest BCUT2D eigenvalue weighted by Crippen LogP contribution is 2.13. The molecule has 2 aromatic rings. The number of rotatable bonds is 6. The molecule has 0 radical (unpaired) electrons. The van der Waals surface area contributed by atoms with Crippen molar-refractivity contribution in [2.75, 3.05) is 0 Å². The van der Waals surface area contributed by atoms with Crippen LogP contribution in [0.3, 0.4) is 0 Å². The predicted octanol–water partition coefficient (Wildman–Crippen LogP) is 3.57. The van der Waals surface area contributed by atoms with Gasteiger partial charge in [-0.05, 0) is 44.0 Å². The lowest BCUT2D eigenvalue weighted by molar-refractivity contribution is -0.147. The Labute approximate surface area is 159 Å². The fourth-order valence-corrected chi connectivity index (χ4v) is 2.34. The molecule has 0 saturated heterocycles. The van der Waals surface area contributed by atoms with Crippen molar-refractivity contribution in [3.05, 3.63) is 65.7 Å². The molecule has 0 unspecified atom stereocenters. The Bertz CT molecular complexity index is 750. The lowest BCUT2D eigenvalue weighted by Crippen LogP contribution is -2.45. The standard InChI is InChI=1S/C21H25NO5/c1-21(2,3)27-20(25)22-18(13-15-9-11-17(23)12-10-15)19(24)26-14-16-7-5-4-6-8-16/h4-12,18,23H,13-14H2,1-3H3,(H,22,25)/t18-/m0/s1. The number of benzene rings is 2. The molecule has 0 aliphatic carbocycles. The molecule has 1 amide bonds. The van der Waals surface area contributed by atoms with Crippen LogP contribution in [0.1, 0.15) is 31.9 Å². The van der Waals surface area contributed by atoms with Crippen LogP contribution < -0.4 is 5.32 Å². The highest BCUT2D eigenvalue weighted by molar-refractivity contribution is 5.81. The third-order valence-electron chi connectivity index (χ3n) is 3.58. The summed E-state index contributed by atoms with van der Waals surface area (Å²) in [5.41, 5.74) is 0.943. The summed E-state index contributed by atoms with van der Waals surface area (Å²) in [6.07, 6.45) is -0.476. The van der Waals surface area contributed by atoms with Gasteiger partial charge in [0.1, 0.15) is 24.0 Å². The molecule has 0 saturated carbocycles. The Kier molecular flexibility index (Phi) is 6.82. The molecule has 0 fully saturated rings. The summed E-state index contributed by atoms with van der Waals surface area (Å²) < 4.78 is 10.6. The summed E-state index contributed by atoms with van der Waals surface area (Å²) in [6.45, 7) is 5.35. The zero-order chi connectivity index (χ0) is 19.9. The third-order valence-corrected chi connectivity index (χ3v) is 3.58. The fourth-order valence-electron chi connectivity index (χ4n) is 2.34. The molecular weight excluding hydrogens is 346 g/mol. The lowest BCUT2D eigenvalue weighted by atomic mass is 10.1. The van der Waals surface area contributed by atoms with Crippen LogP contribution in [0.4, 0.5) is 4.79 Å². The minimum Gasteiger partial charge on any atom is -0.508 e. The van der Waals surface area contributed by atoms with Crippen LogP contribution in [-0.2, 0) is 27.3 Å². The molecule has 0 aliphatic heterocycles. The van der Waals surface area contributed by atoms with E-state index in [0.29, 0.717) is 0 Å². The topological polar surface area (TPSA) is 84.9 Å². The zero-order valence-corrected chi connectivity index (χ0v) is 15.8. The summed E-state index contributed by atoms with van der Waals surface area (Å²) in [4.78, 5) is 24.7. The number of carbonyl (C=O) groups is 2. The first-order valence-corrected chi connectivity index (χ1v) is 8.71. The maximum Gasteiger partial charge on any atom is 0.408 e. The number of alkyl carbamates (subject to hydrolysis) is 1. The quantitative estimate of drug-likeness (QED) is 0.758. The Morgan fingerprint density at radius 2 is 1.63 bits per heavy atom. The predicted molar refractivity (Wildman–Crippen MR) is 101 cm³/mol. The molecule has 6 nitrogen and oxygen atoms in total. The normalized spacial score (nSPS) is 12.1. The molecule has 2 N–H and O–H groups in total. The van der Waals surface area contributed by atoms with Crippen molar-refractivity contribution in [1.29, 1.82) is 0 Å². The first-order chi connectivity index (χ1) is 12.7. The average Bonchev–Trinajstić information content (AvgIpc) is 2.60. The van der Waals surface area contributed by atoms with E-state index in [2.05, 4.69) is 5.32 Å². The number of carbonyl (C=O) groups excluding carboxylic acids is 2. The smallest absolute Gasteiger partial charge is 0.408 e. The molecule has 27 heavy (non-hydrogen) atoms. The number of nitrogens with one attached hydrogen (secondary N) is 1. The summed E-state index contributed by atoms with van der Waals surface area (Å²) in [6, 6.07) is 14.8. The van der Waals surface area contributed by atoms with Gasteiger partial charge in [0.25, 0.3) is 0 Å². The van der Waals surface area contributed by atoms with E-state index in [1.807, 2.05) is 30.3 Å². The van der Waals surface area contributed by atoms with Gasteiger partial charge in [-0.25, -0.2) is 9.59 Å². The summed E-state index contributed by atoms with van der Waals surface area (Å²) in [5.74, 6) is -0.431. The highest BCUT2D eigenvalue weighted by Gasteiger charge is 2.26. The molecule has 2 aromatic carbocycles. The molecule has 0 aromatic heterocycles. The number of hydrogen-bond donors (Lipinski definition) is 2. The molecule has 1 atom stereocenters. The Balaban J connectivity index is 2.06. The van der Waals surface area contributed by atoms with Gasteiger partial charge in [0.15, 0.2) is 0 Å². The van der Waals surface area contributed by atoms with E-state index in [0.717, 1.165) is 11.1 Å². The number of hydrogen-bond acceptors (Lipinski definition) is 5. The van der Waals surface area contributed by atoms with Crippen molar-refractivity contribution in [2.24, 2.45) is 0 Å². The van der Waals surface area contributed by atoms with Gasteiger partial charge >= 0.3 is 12.1 Å². The maximum absolute atomic E-state index is 12.5. The Hall–Kier alpha value is -3.02. The van der Waals surface area contributed by atoms with Crippen LogP contribution in [0.2, 0.25) is 0 Å². The molecule has 0 aliphatic rings. The molecule has 6 heteroatoms. The van der Waals surface area contributed by atoms with Crippen molar-refractivity contribution in [3.8, 4) is 5.75 Å². The molecular formula is C21H25NO5. The molecule has 0 bridgehead atoms. The number of phenols is 1. The van der Waals surface area contributed by atoms with E-state index in [1.54, 1.807) is 32.9 Å². The van der Waals surface area contributed by atoms with Gasteiger partial charge in [0.2, 0.25) is 0 Å². The van der Waals surface area contributed by atoms with Crippen molar-refractivity contribution in [2.45, 2.75) is 45.4 Å². The fraction of sp³-hybridized carbons (Fsp3) is 0.333. The average molecular weight is 371 g/mol. The molecule has 0 spiro atoms. The lowest BCUT2D eigenvalue weighted by Gasteiger charge is -2.23. The zero-order valence-electron chi connectivity index (χ0n) is 15.8. The first-order valence-electron chi connectivity index (χ1n) is 8.71. The minimum absolute atomic E-state index is 0.113. The number of phenolic OH excluding ortho intramolecular Hbond substituents is 1. The van der Waals surface area contributed by atoms with Crippen LogP contribution in [0.5, 0.6) is 5.75 Å². The van der Waals surface area contributed by atoms with Gasteiger partial charge < -0.3 is 19.9 Å². The summed E-state index contributed by atoms with van der Waals surface area (Å²) >= 11 is 0. The van der Waals surface area contributed by atoms with Gasteiger partial charge in [-0.3, -0.25) is 0 Å². The second-order valence-electron chi connectivity index (χ2n) is 7.16. The second-order valence-corrected chi connectivity index (χ2v) is 7.16. The van der Waals surface area contributed by atoms with E-state index in [9.17, 15) is 14.7 Å². The van der Waals surface area contributed by atoms with Crippen molar-refractivity contribution >= 4 is 12.1 Å². The maximum atomic E-state index is 12.5. The van der Waals surface area contributed by atoms with Crippen LogP contribution in [0.15, 0.2) is 54.6 Å². The van der Waals surface area contributed by atoms with Crippen molar-refractivity contribution in [3.63, 3.8) is 0 Å². The minimum atomic E-state index is -0.909. The Morgan fingerprint density at radius 3 is 2.22 bits per heavy atom. The number of ether oxygens (including phenoxy) is 2. The van der Waals surface area contributed by atoms with E-state index in [4.69, 9.17) is 9.47 Å². The first kappa shape index (κ1) is 20.3. The number of aromatic hydroxyl groups is 1. The number of amides is 1. The van der Waals surface area contributed by atoms with E-state index < -0.39 is 23.7 Å². The van der Waals surface area contributed by atoms with Crippen molar-refractivity contribution < 1.29 is 24.2 Å². The van der Waals surface area contributed by atoms with Gasteiger partial charge in [-0.2, -0.15) is 0 Å². The Morgan fingerprint density at radius 1 is 1.00 bits per heavy atom. The highest BCUT2D eigenvalue weighted by atomic mass is 16.6. The van der Waals surface area contributed by atoms with Crippen molar-refractivity contribution in [1.82, 2.24) is 5.32 Å². The van der Waals surface area contributed by atoms with Crippen LogP contribution in [0, 0.1) is 0 Å². The van der Waals surface area contributed by atoms with E-state index >= 15 is 0 Å². The SMILES string of the molecule is CC(C)(C)OC(=O)N[C@@H](Cc1ccc(O)cc1)C(=O)OCc1ccccc1. The van der Waals surface area contributed by atoms with Gasteiger partial charge in [0, 0.05) is 6.42 Å². The largest absolute Gasteiger partial charge is 0.508 e. The molecule has 2 rings (SSSR count). The second kappa shape index (κ2) is 9.07. The third kappa shape index (κ3) is 7.40. The summed E-state index contributed by atoms with van der Waals surface area (Å²) in [5, 5.41) is 12.0. The van der Waals surface area contributed by atoms with Gasteiger partial charge in [0.05, 0.1) is 0 Å². The molecule has 144 valence electrons. The van der Waals surface area contributed by atoms with E-state index in [1.165, 1.54) is 12.1 Å². The molecule has 0 heterocycles. The van der Waals surface area contributed by atoms with Gasteiger partial charge in [-0.15, -0.1) is 0 Å². The van der Waals surface area contributed by atoms with Gasteiger partial charge in [-0.1, -0.05) is 42.5 Å². The van der Waals surface area contributed by atoms with E-state index in [-0.39, 0.29) is 18.8 Å².